The van der Waals surface area contributed by atoms with Crippen LogP contribution in [0.25, 0.3) is 0 Å². The van der Waals surface area contributed by atoms with Gasteiger partial charge in [0, 0.05) is 44.5 Å². The van der Waals surface area contributed by atoms with E-state index in [4.69, 9.17) is 5.73 Å². The van der Waals surface area contributed by atoms with Crippen molar-refractivity contribution in [3.05, 3.63) is 24.4 Å². The minimum atomic E-state index is 0.150. The van der Waals surface area contributed by atoms with E-state index in [9.17, 15) is 4.79 Å². The Balaban J connectivity index is 1.39. The second-order valence-electron chi connectivity index (χ2n) is 6.63. The SMILES string of the molecule is NC1CCC(NC(=O)CN2CCN(c3ccccn3)CC2)CC1. The van der Waals surface area contributed by atoms with Crippen LogP contribution >= 0.6 is 0 Å². The zero-order valence-electron chi connectivity index (χ0n) is 13.7. The molecular formula is C17H27N5O. The monoisotopic (exact) mass is 317 g/mol. The van der Waals surface area contributed by atoms with Crippen LogP contribution in [-0.4, -0.2) is 60.6 Å². The van der Waals surface area contributed by atoms with E-state index in [2.05, 4.69) is 20.1 Å². The summed E-state index contributed by atoms with van der Waals surface area (Å²) in [5.74, 6) is 1.17. The van der Waals surface area contributed by atoms with Crippen molar-refractivity contribution in [2.75, 3.05) is 37.6 Å². The summed E-state index contributed by atoms with van der Waals surface area (Å²) in [7, 11) is 0. The highest BCUT2D eigenvalue weighted by molar-refractivity contribution is 5.78. The second kappa shape index (κ2) is 7.75. The molecule has 1 aliphatic carbocycles. The van der Waals surface area contributed by atoms with Crippen LogP contribution in [0.4, 0.5) is 5.82 Å². The first-order valence-electron chi connectivity index (χ1n) is 8.64. The first-order chi connectivity index (χ1) is 11.2. The number of piperazine rings is 1. The van der Waals surface area contributed by atoms with Gasteiger partial charge in [-0.3, -0.25) is 9.69 Å². The van der Waals surface area contributed by atoms with Crippen LogP contribution in [0.3, 0.4) is 0 Å². The summed E-state index contributed by atoms with van der Waals surface area (Å²) in [5, 5.41) is 3.17. The van der Waals surface area contributed by atoms with E-state index in [0.29, 0.717) is 18.6 Å². The predicted octanol–water partition coefficient (Wildman–Crippen LogP) is 0.590. The molecule has 1 saturated heterocycles. The molecule has 1 aromatic heterocycles. The number of nitrogens with one attached hydrogen (secondary N) is 1. The average molecular weight is 317 g/mol. The molecule has 0 radical (unpaired) electrons. The van der Waals surface area contributed by atoms with Crippen molar-refractivity contribution in [2.45, 2.75) is 37.8 Å². The molecule has 2 heterocycles. The van der Waals surface area contributed by atoms with Gasteiger partial charge in [0.05, 0.1) is 6.54 Å². The molecule has 2 fully saturated rings. The summed E-state index contributed by atoms with van der Waals surface area (Å²) in [5.41, 5.74) is 5.91. The Morgan fingerprint density at radius 1 is 1.17 bits per heavy atom. The maximum atomic E-state index is 12.2. The quantitative estimate of drug-likeness (QED) is 0.850. The van der Waals surface area contributed by atoms with Crippen molar-refractivity contribution in [3.8, 4) is 0 Å². The molecule has 23 heavy (non-hydrogen) atoms. The number of rotatable bonds is 4. The smallest absolute Gasteiger partial charge is 0.234 e. The summed E-state index contributed by atoms with van der Waals surface area (Å²) >= 11 is 0. The Morgan fingerprint density at radius 3 is 2.57 bits per heavy atom. The molecule has 1 aromatic rings. The fourth-order valence-electron chi connectivity index (χ4n) is 3.42. The van der Waals surface area contributed by atoms with Gasteiger partial charge in [-0.25, -0.2) is 4.98 Å². The fourth-order valence-corrected chi connectivity index (χ4v) is 3.42. The number of nitrogens with two attached hydrogens (primary N) is 1. The van der Waals surface area contributed by atoms with E-state index in [1.54, 1.807) is 0 Å². The van der Waals surface area contributed by atoms with Gasteiger partial charge >= 0.3 is 0 Å². The van der Waals surface area contributed by atoms with Gasteiger partial charge in [-0.1, -0.05) is 6.07 Å². The van der Waals surface area contributed by atoms with Crippen LogP contribution in [0.15, 0.2) is 24.4 Å². The molecule has 3 N–H and O–H groups in total. The number of pyridine rings is 1. The van der Waals surface area contributed by atoms with E-state index in [1.807, 2.05) is 24.4 Å². The number of hydrogen-bond donors (Lipinski definition) is 2. The zero-order valence-corrected chi connectivity index (χ0v) is 13.7. The van der Waals surface area contributed by atoms with Crippen LogP contribution in [-0.2, 0) is 4.79 Å². The van der Waals surface area contributed by atoms with Crippen molar-refractivity contribution in [3.63, 3.8) is 0 Å². The molecule has 1 aliphatic heterocycles. The minimum absolute atomic E-state index is 0.150. The largest absolute Gasteiger partial charge is 0.354 e. The fraction of sp³-hybridized carbons (Fsp3) is 0.647. The molecule has 0 unspecified atom stereocenters. The van der Waals surface area contributed by atoms with Gasteiger partial charge in [-0.05, 0) is 37.8 Å². The highest BCUT2D eigenvalue weighted by atomic mass is 16.2. The average Bonchev–Trinajstić information content (AvgIpc) is 2.58. The topological polar surface area (TPSA) is 74.5 Å². The van der Waals surface area contributed by atoms with Crippen molar-refractivity contribution >= 4 is 11.7 Å². The van der Waals surface area contributed by atoms with E-state index in [1.165, 1.54) is 0 Å². The Labute approximate surface area is 138 Å². The molecule has 1 amide bonds. The predicted molar refractivity (Wildman–Crippen MR) is 91.3 cm³/mol. The third-order valence-electron chi connectivity index (χ3n) is 4.85. The molecule has 0 spiro atoms. The first-order valence-corrected chi connectivity index (χ1v) is 8.64. The Bertz CT molecular complexity index is 493. The van der Waals surface area contributed by atoms with Crippen LogP contribution in [0.1, 0.15) is 25.7 Å². The maximum Gasteiger partial charge on any atom is 0.234 e. The molecule has 3 rings (SSSR count). The summed E-state index contributed by atoms with van der Waals surface area (Å²) in [6, 6.07) is 6.62. The van der Waals surface area contributed by atoms with E-state index >= 15 is 0 Å². The summed E-state index contributed by atoms with van der Waals surface area (Å²) in [6.07, 6.45) is 5.90. The van der Waals surface area contributed by atoms with Crippen LogP contribution < -0.4 is 16.0 Å². The lowest BCUT2D eigenvalue weighted by Crippen LogP contribution is -2.51. The Kier molecular flexibility index (Phi) is 5.46. The zero-order chi connectivity index (χ0) is 16.1. The van der Waals surface area contributed by atoms with Gasteiger partial charge < -0.3 is 16.0 Å². The lowest BCUT2D eigenvalue weighted by Gasteiger charge is -2.35. The van der Waals surface area contributed by atoms with Gasteiger partial charge in [-0.2, -0.15) is 0 Å². The first kappa shape index (κ1) is 16.2. The van der Waals surface area contributed by atoms with Gasteiger partial charge in [0.1, 0.15) is 5.82 Å². The van der Waals surface area contributed by atoms with E-state index < -0.39 is 0 Å². The molecule has 1 saturated carbocycles. The van der Waals surface area contributed by atoms with Gasteiger partial charge in [0.15, 0.2) is 0 Å². The van der Waals surface area contributed by atoms with Gasteiger partial charge in [0.25, 0.3) is 0 Å². The molecule has 0 bridgehead atoms. The molecule has 2 aliphatic rings. The maximum absolute atomic E-state index is 12.2. The molecule has 6 nitrogen and oxygen atoms in total. The van der Waals surface area contributed by atoms with Gasteiger partial charge in [-0.15, -0.1) is 0 Å². The number of anilines is 1. The molecule has 0 aromatic carbocycles. The second-order valence-corrected chi connectivity index (χ2v) is 6.63. The summed E-state index contributed by atoms with van der Waals surface area (Å²) < 4.78 is 0. The Hall–Kier alpha value is -1.66. The van der Waals surface area contributed by atoms with Crippen molar-refractivity contribution in [1.29, 1.82) is 0 Å². The van der Waals surface area contributed by atoms with E-state index in [-0.39, 0.29) is 5.91 Å². The summed E-state index contributed by atoms with van der Waals surface area (Å²) in [4.78, 5) is 21.1. The van der Waals surface area contributed by atoms with Crippen molar-refractivity contribution in [2.24, 2.45) is 5.73 Å². The van der Waals surface area contributed by atoms with Crippen molar-refractivity contribution < 1.29 is 4.79 Å². The van der Waals surface area contributed by atoms with Crippen LogP contribution in [0.2, 0.25) is 0 Å². The number of carbonyl (C=O) groups excluding carboxylic acids is 1. The standard InChI is InChI=1S/C17H27N5O/c18-14-4-6-15(7-5-14)20-17(23)13-21-9-11-22(12-10-21)16-3-1-2-8-19-16/h1-3,8,14-15H,4-7,9-13,18H2,(H,20,23). The highest BCUT2D eigenvalue weighted by Gasteiger charge is 2.23. The van der Waals surface area contributed by atoms with Crippen LogP contribution in [0.5, 0.6) is 0 Å². The summed E-state index contributed by atoms with van der Waals surface area (Å²) in [6.45, 7) is 4.14. The van der Waals surface area contributed by atoms with E-state index in [0.717, 1.165) is 57.7 Å². The number of nitrogens with zero attached hydrogens (tertiary/aromatic N) is 3. The molecule has 0 atom stereocenters. The minimum Gasteiger partial charge on any atom is -0.354 e. The lowest BCUT2D eigenvalue weighted by atomic mass is 9.92. The third kappa shape index (κ3) is 4.65. The third-order valence-corrected chi connectivity index (χ3v) is 4.85. The number of amides is 1. The molecule has 6 heteroatoms. The lowest BCUT2D eigenvalue weighted by molar-refractivity contribution is -0.123. The highest BCUT2D eigenvalue weighted by Crippen LogP contribution is 2.17. The van der Waals surface area contributed by atoms with Crippen LogP contribution in [0, 0.1) is 0 Å². The Morgan fingerprint density at radius 2 is 1.91 bits per heavy atom. The molecule has 126 valence electrons. The number of aromatic nitrogens is 1. The normalized spacial score (nSPS) is 26.0. The van der Waals surface area contributed by atoms with Crippen molar-refractivity contribution in [1.82, 2.24) is 15.2 Å². The number of hydrogen-bond acceptors (Lipinski definition) is 5. The molecular weight excluding hydrogens is 290 g/mol. The number of carbonyl (C=O) groups is 1. The van der Waals surface area contributed by atoms with Gasteiger partial charge in [0.2, 0.25) is 5.91 Å².